The van der Waals surface area contributed by atoms with Crippen LogP contribution in [-0.2, 0) is 16.0 Å². The van der Waals surface area contributed by atoms with Crippen LogP contribution in [0.5, 0.6) is 0 Å². The van der Waals surface area contributed by atoms with E-state index in [0.29, 0.717) is 12.5 Å². The van der Waals surface area contributed by atoms with E-state index in [4.69, 9.17) is 0 Å². The summed E-state index contributed by atoms with van der Waals surface area (Å²) in [6.07, 6.45) is 2.96. The smallest absolute Gasteiger partial charge is 0.227 e. The fourth-order valence-electron chi connectivity index (χ4n) is 6.28. The van der Waals surface area contributed by atoms with Crippen molar-refractivity contribution >= 4 is 11.8 Å². The molecule has 2 atom stereocenters. The molecule has 1 aromatic rings. The number of amides is 2. The van der Waals surface area contributed by atoms with E-state index in [0.717, 1.165) is 70.6 Å². The molecule has 0 unspecified atom stereocenters. The molecule has 1 spiro atoms. The minimum absolute atomic E-state index is 0.0372. The van der Waals surface area contributed by atoms with Crippen LogP contribution in [0.1, 0.15) is 31.7 Å². The van der Waals surface area contributed by atoms with Crippen LogP contribution in [0.3, 0.4) is 0 Å². The highest BCUT2D eigenvalue weighted by Gasteiger charge is 2.57. The summed E-state index contributed by atoms with van der Waals surface area (Å²) in [5.74, 6) is 0.368. The first-order valence-electron chi connectivity index (χ1n) is 11.7. The molecule has 4 aliphatic rings. The van der Waals surface area contributed by atoms with Crippen molar-refractivity contribution < 1.29 is 14.7 Å². The Morgan fingerprint density at radius 1 is 1.00 bits per heavy atom. The van der Waals surface area contributed by atoms with Crippen molar-refractivity contribution in [3.05, 3.63) is 35.9 Å². The number of nitrogens with zero attached hydrogens (tertiary/aromatic N) is 4. The summed E-state index contributed by atoms with van der Waals surface area (Å²) >= 11 is 0. The van der Waals surface area contributed by atoms with E-state index in [2.05, 4.69) is 14.7 Å². The van der Waals surface area contributed by atoms with Crippen LogP contribution in [0.15, 0.2) is 30.3 Å². The molecule has 31 heavy (non-hydrogen) atoms. The van der Waals surface area contributed by atoms with Crippen molar-refractivity contribution in [2.75, 3.05) is 45.8 Å². The molecule has 0 saturated carbocycles. The molecule has 0 bridgehead atoms. The van der Waals surface area contributed by atoms with Gasteiger partial charge in [0.05, 0.1) is 18.1 Å². The van der Waals surface area contributed by atoms with Gasteiger partial charge in [-0.1, -0.05) is 30.3 Å². The third kappa shape index (κ3) is 3.99. The third-order valence-corrected chi connectivity index (χ3v) is 7.89. The standard InChI is InChI=1S/C24H34N4O3/c1-18(29)25-9-7-20(8-10-25)27-16-24(17-27)15-26(13-21-12-22(30)14-28(21)24)23(31)11-19-5-3-2-4-6-19/h2-6,20-22,30H,7-17H2,1H3/t21-,22+/m0/s1. The van der Waals surface area contributed by atoms with Crippen molar-refractivity contribution in [3.8, 4) is 0 Å². The van der Waals surface area contributed by atoms with Crippen molar-refractivity contribution in [3.63, 3.8) is 0 Å². The monoisotopic (exact) mass is 426 g/mol. The maximum absolute atomic E-state index is 13.1. The SMILES string of the molecule is CC(=O)N1CCC(N2CC3(CN(C(=O)Cc4ccccc4)C[C@@H]4C[C@@H](O)CN43)C2)CC1. The molecular formula is C24H34N4O3. The average molecular weight is 427 g/mol. The predicted molar refractivity (Wildman–Crippen MR) is 117 cm³/mol. The molecule has 1 N–H and O–H groups in total. The molecule has 7 heteroatoms. The summed E-state index contributed by atoms with van der Waals surface area (Å²) in [7, 11) is 0. The van der Waals surface area contributed by atoms with E-state index in [-0.39, 0.29) is 29.5 Å². The van der Waals surface area contributed by atoms with Gasteiger partial charge in [-0.25, -0.2) is 0 Å². The fraction of sp³-hybridized carbons (Fsp3) is 0.667. The summed E-state index contributed by atoms with van der Waals surface area (Å²) in [6, 6.07) is 10.7. The van der Waals surface area contributed by atoms with Crippen LogP contribution in [-0.4, -0.2) is 106 Å². The molecule has 1 aromatic carbocycles. The number of likely N-dealkylation sites (tertiary alicyclic amines) is 2. The first-order valence-corrected chi connectivity index (χ1v) is 11.7. The van der Waals surface area contributed by atoms with Gasteiger partial charge in [-0.05, 0) is 24.8 Å². The van der Waals surface area contributed by atoms with Gasteiger partial charge in [-0.3, -0.25) is 19.4 Å². The van der Waals surface area contributed by atoms with Crippen LogP contribution in [0, 0.1) is 0 Å². The Kier molecular flexibility index (Phi) is 5.52. The third-order valence-electron chi connectivity index (χ3n) is 7.89. The number of carbonyl (C=O) groups is 2. The summed E-state index contributed by atoms with van der Waals surface area (Å²) in [6.45, 7) is 7.45. The lowest BCUT2D eigenvalue weighted by Crippen LogP contribution is -2.79. The summed E-state index contributed by atoms with van der Waals surface area (Å²) < 4.78 is 0. The lowest BCUT2D eigenvalue weighted by molar-refractivity contribution is -0.155. The highest BCUT2D eigenvalue weighted by atomic mass is 16.3. The zero-order valence-electron chi connectivity index (χ0n) is 18.4. The van der Waals surface area contributed by atoms with Gasteiger partial charge in [0.2, 0.25) is 11.8 Å². The van der Waals surface area contributed by atoms with E-state index >= 15 is 0 Å². The maximum Gasteiger partial charge on any atom is 0.227 e. The van der Waals surface area contributed by atoms with E-state index in [1.165, 1.54) is 0 Å². The minimum atomic E-state index is -0.293. The number of piperidine rings is 1. The van der Waals surface area contributed by atoms with E-state index < -0.39 is 0 Å². The van der Waals surface area contributed by atoms with Gasteiger partial charge >= 0.3 is 0 Å². The van der Waals surface area contributed by atoms with E-state index in [9.17, 15) is 14.7 Å². The lowest BCUT2D eigenvalue weighted by atomic mass is 9.81. The van der Waals surface area contributed by atoms with Gasteiger partial charge in [0.15, 0.2) is 0 Å². The van der Waals surface area contributed by atoms with Crippen LogP contribution in [0.25, 0.3) is 0 Å². The number of aliphatic hydroxyl groups is 1. The fourth-order valence-corrected chi connectivity index (χ4v) is 6.28. The summed E-state index contributed by atoms with van der Waals surface area (Å²) in [5, 5.41) is 10.4. The van der Waals surface area contributed by atoms with Crippen molar-refractivity contribution in [1.29, 1.82) is 0 Å². The molecule has 4 heterocycles. The minimum Gasteiger partial charge on any atom is -0.392 e. The average Bonchev–Trinajstić information content (AvgIpc) is 3.12. The number of piperazine rings is 1. The number of hydrogen-bond donors (Lipinski definition) is 1. The van der Waals surface area contributed by atoms with Gasteiger partial charge < -0.3 is 14.9 Å². The Morgan fingerprint density at radius 2 is 1.71 bits per heavy atom. The highest BCUT2D eigenvalue weighted by molar-refractivity contribution is 5.79. The summed E-state index contributed by atoms with van der Waals surface area (Å²) in [4.78, 5) is 33.8. The number of benzene rings is 1. The topological polar surface area (TPSA) is 67.3 Å². The molecule has 4 aliphatic heterocycles. The largest absolute Gasteiger partial charge is 0.392 e. The van der Waals surface area contributed by atoms with Crippen LogP contribution in [0.4, 0.5) is 0 Å². The van der Waals surface area contributed by atoms with Gasteiger partial charge in [0.1, 0.15) is 0 Å². The van der Waals surface area contributed by atoms with E-state index in [1.54, 1.807) is 6.92 Å². The molecule has 0 aromatic heterocycles. The molecule has 0 aliphatic carbocycles. The molecule has 2 amide bonds. The number of β-amino-alcohol motifs (C(OH)–C–C–N with tert-alkyl or cyclic N) is 1. The molecule has 0 radical (unpaired) electrons. The normalized spacial score (nSPS) is 29.1. The number of rotatable bonds is 3. The van der Waals surface area contributed by atoms with Gasteiger partial charge in [-0.15, -0.1) is 0 Å². The van der Waals surface area contributed by atoms with Crippen LogP contribution >= 0.6 is 0 Å². The summed E-state index contributed by atoms with van der Waals surface area (Å²) in [5.41, 5.74) is 1.02. The molecule has 168 valence electrons. The van der Waals surface area contributed by atoms with Crippen molar-refractivity contribution in [2.45, 2.75) is 56.3 Å². The number of aliphatic hydroxyl groups excluding tert-OH is 1. The zero-order chi connectivity index (χ0) is 21.6. The Morgan fingerprint density at radius 3 is 2.39 bits per heavy atom. The Hall–Kier alpha value is -1.96. The second-order valence-electron chi connectivity index (χ2n) is 10.00. The van der Waals surface area contributed by atoms with Crippen LogP contribution < -0.4 is 0 Å². The lowest BCUT2D eigenvalue weighted by Gasteiger charge is -2.63. The maximum atomic E-state index is 13.1. The second-order valence-corrected chi connectivity index (χ2v) is 10.00. The van der Waals surface area contributed by atoms with Gasteiger partial charge in [-0.2, -0.15) is 0 Å². The quantitative estimate of drug-likeness (QED) is 0.766. The number of fused-ring (bicyclic) bond motifs is 2. The first-order chi connectivity index (χ1) is 14.9. The van der Waals surface area contributed by atoms with Crippen molar-refractivity contribution in [2.24, 2.45) is 0 Å². The van der Waals surface area contributed by atoms with Crippen molar-refractivity contribution in [1.82, 2.24) is 19.6 Å². The molecule has 7 nitrogen and oxygen atoms in total. The zero-order valence-corrected chi connectivity index (χ0v) is 18.4. The Labute approximate surface area is 184 Å². The number of carbonyl (C=O) groups excluding carboxylic acids is 2. The molecule has 4 saturated heterocycles. The Bertz CT molecular complexity index is 817. The van der Waals surface area contributed by atoms with E-state index in [1.807, 2.05) is 35.2 Å². The first kappa shape index (κ1) is 20.9. The number of hydrogen-bond acceptors (Lipinski definition) is 5. The van der Waals surface area contributed by atoms with Crippen LogP contribution in [0.2, 0.25) is 0 Å². The highest BCUT2D eigenvalue weighted by Crippen LogP contribution is 2.41. The molecule has 4 fully saturated rings. The molecular weight excluding hydrogens is 392 g/mol. The predicted octanol–water partition coefficient (Wildman–Crippen LogP) is 0.572. The molecule has 5 rings (SSSR count). The second kappa shape index (κ2) is 8.19. The Balaban J connectivity index is 1.25. The van der Waals surface area contributed by atoms with Gasteiger partial charge in [0.25, 0.3) is 0 Å². The van der Waals surface area contributed by atoms with Gasteiger partial charge in [0, 0.05) is 64.8 Å².